The summed E-state index contributed by atoms with van der Waals surface area (Å²) < 4.78 is 93.3. The number of hydrogen-bond acceptors (Lipinski definition) is 5. The number of hydrogen-bond donors (Lipinski definition) is 4. The number of alkyl halides is 6. The molecule has 0 aliphatic carbocycles. The van der Waals surface area contributed by atoms with E-state index < -0.39 is 56.9 Å². The molecular weight excluding hydrogens is 462 g/mol. The number of anilines is 2. The van der Waals surface area contributed by atoms with Gasteiger partial charge in [-0.25, -0.2) is 4.21 Å². The second-order valence-corrected chi connectivity index (χ2v) is 9.24. The van der Waals surface area contributed by atoms with Gasteiger partial charge in [0.2, 0.25) is 0 Å². The van der Waals surface area contributed by atoms with Gasteiger partial charge in [0.1, 0.15) is 0 Å². The molecule has 0 aliphatic rings. The molecule has 0 aromatic heterocycles. The zero-order valence-corrected chi connectivity index (χ0v) is 18.3. The zero-order chi connectivity index (χ0) is 25.0. The highest BCUT2D eigenvalue weighted by molar-refractivity contribution is 7.85. The number of nitrogen functional groups attached to an aromatic ring is 2. The molecule has 0 aliphatic heterocycles. The summed E-state index contributed by atoms with van der Waals surface area (Å²) in [6.07, 6.45) is -10.2. The van der Waals surface area contributed by atoms with Gasteiger partial charge in [0.25, 0.3) is 0 Å². The Morgan fingerprint density at radius 2 is 1.00 bits per heavy atom. The van der Waals surface area contributed by atoms with Crippen LogP contribution in [0.3, 0.4) is 0 Å². The molecule has 0 bridgehead atoms. The molecule has 0 radical (unpaired) electrons. The van der Waals surface area contributed by atoms with E-state index in [0.29, 0.717) is 13.8 Å². The average molecular weight is 484 g/mol. The van der Waals surface area contributed by atoms with Gasteiger partial charge >= 0.3 is 12.4 Å². The first-order valence-corrected chi connectivity index (χ1v) is 10.2. The van der Waals surface area contributed by atoms with Crippen LogP contribution in [0.25, 0.3) is 0 Å². The number of aryl methyl sites for hydroxylation is 2. The van der Waals surface area contributed by atoms with E-state index in [9.17, 15) is 40.8 Å². The van der Waals surface area contributed by atoms with Gasteiger partial charge in [0, 0.05) is 32.3 Å². The van der Waals surface area contributed by atoms with E-state index in [0.717, 1.165) is 24.3 Å². The molecular formula is C20H22F6N2O3S. The van der Waals surface area contributed by atoms with Crippen LogP contribution < -0.4 is 11.5 Å². The molecule has 12 heteroatoms. The Labute approximate surface area is 182 Å². The van der Waals surface area contributed by atoms with Gasteiger partial charge in [-0.3, -0.25) is 0 Å². The van der Waals surface area contributed by atoms with E-state index in [4.69, 9.17) is 11.5 Å². The van der Waals surface area contributed by atoms with Crippen molar-refractivity contribution < 1.29 is 40.8 Å². The van der Waals surface area contributed by atoms with E-state index in [2.05, 4.69) is 0 Å². The Morgan fingerprint density at radius 1 is 0.719 bits per heavy atom. The lowest BCUT2D eigenvalue weighted by atomic mass is 9.92. The first-order chi connectivity index (χ1) is 14.2. The summed E-state index contributed by atoms with van der Waals surface area (Å²) in [6, 6.07) is 3.79. The summed E-state index contributed by atoms with van der Waals surface area (Å²) in [7, 11) is -2.30. The molecule has 178 valence electrons. The number of rotatable bonds is 4. The Hall–Kier alpha value is -2.31. The number of benzene rings is 2. The molecule has 6 N–H and O–H groups in total. The Morgan fingerprint density at radius 3 is 1.25 bits per heavy atom. The van der Waals surface area contributed by atoms with Crippen molar-refractivity contribution in [3.05, 3.63) is 46.5 Å². The van der Waals surface area contributed by atoms with Crippen LogP contribution >= 0.6 is 0 Å². The minimum Gasteiger partial charge on any atom is -0.398 e. The SMILES string of the molecule is Cc1cc(N)c(C(C)(O)C(F)(F)F)cc1S(=O)c1cc(C(C)(O)C(F)(F)F)c(N)cc1C. The van der Waals surface area contributed by atoms with E-state index in [1.165, 1.54) is 13.8 Å². The molecule has 2 aromatic rings. The molecule has 0 saturated heterocycles. The van der Waals surface area contributed by atoms with Crippen LogP contribution in [0.5, 0.6) is 0 Å². The van der Waals surface area contributed by atoms with Crippen LogP contribution in [0.1, 0.15) is 36.1 Å². The van der Waals surface area contributed by atoms with E-state index >= 15 is 0 Å². The Balaban J connectivity index is 2.74. The van der Waals surface area contributed by atoms with Crippen molar-refractivity contribution in [2.75, 3.05) is 11.5 Å². The van der Waals surface area contributed by atoms with Gasteiger partial charge in [-0.2, -0.15) is 26.3 Å². The van der Waals surface area contributed by atoms with Crippen molar-refractivity contribution in [3.8, 4) is 0 Å². The molecule has 0 saturated carbocycles. The quantitative estimate of drug-likeness (QED) is 0.385. The molecule has 0 spiro atoms. The minimum absolute atomic E-state index is 0.183. The Bertz CT molecular complexity index is 995. The molecule has 2 aromatic carbocycles. The first-order valence-electron chi connectivity index (χ1n) is 9.04. The molecule has 2 unspecified atom stereocenters. The van der Waals surface area contributed by atoms with Crippen LogP contribution in [0.2, 0.25) is 0 Å². The maximum absolute atomic E-state index is 13.3. The van der Waals surface area contributed by atoms with Crippen LogP contribution in [0.15, 0.2) is 34.1 Å². The molecule has 0 heterocycles. The highest BCUT2D eigenvalue weighted by atomic mass is 32.2. The van der Waals surface area contributed by atoms with Gasteiger partial charge in [0.05, 0.1) is 10.8 Å². The van der Waals surface area contributed by atoms with E-state index in [1.54, 1.807) is 0 Å². The van der Waals surface area contributed by atoms with Gasteiger partial charge in [-0.05, 0) is 63.1 Å². The van der Waals surface area contributed by atoms with Gasteiger partial charge < -0.3 is 21.7 Å². The third-order valence-electron chi connectivity index (χ3n) is 5.25. The fraction of sp³-hybridized carbons (Fsp3) is 0.400. The summed E-state index contributed by atoms with van der Waals surface area (Å²) >= 11 is 0. The average Bonchev–Trinajstić information content (AvgIpc) is 2.58. The lowest BCUT2D eigenvalue weighted by Crippen LogP contribution is -2.40. The third-order valence-corrected chi connectivity index (χ3v) is 6.93. The molecule has 32 heavy (non-hydrogen) atoms. The highest BCUT2D eigenvalue weighted by Crippen LogP contribution is 2.44. The lowest BCUT2D eigenvalue weighted by molar-refractivity contribution is -0.258. The number of aliphatic hydroxyl groups is 2. The van der Waals surface area contributed by atoms with Crippen molar-refractivity contribution in [3.63, 3.8) is 0 Å². The highest BCUT2D eigenvalue weighted by Gasteiger charge is 2.53. The topological polar surface area (TPSA) is 110 Å². The van der Waals surface area contributed by atoms with Crippen molar-refractivity contribution in [2.24, 2.45) is 0 Å². The standard InChI is InChI=1S/C20H22F6N2O3S/c1-9-5-13(27)11(17(3,29)19(21,22)23)7-15(9)32(31)16-8-12(14(28)6-10(16)2)18(4,30)20(24,25)26/h5-8,29-30H,27-28H2,1-4H3. The third kappa shape index (κ3) is 4.30. The van der Waals surface area contributed by atoms with Gasteiger partial charge in [0.15, 0.2) is 11.2 Å². The van der Waals surface area contributed by atoms with E-state index in [1.807, 2.05) is 0 Å². The molecule has 5 nitrogen and oxygen atoms in total. The number of halogens is 6. The summed E-state index contributed by atoms with van der Waals surface area (Å²) in [6.45, 7) is 3.76. The molecule has 2 atom stereocenters. The zero-order valence-electron chi connectivity index (χ0n) is 17.4. The number of nitrogens with two attached hydrogens (primary N) is 2. The van der Waals surface area contributed by atoms with Crippen LogP contribution in [0.4, 0.5) is 37.7 Å². The maximum atomic E-state index is 13.3. The van der Waals surface area contributed by atoms with Crippen molar-refractivity contribution in [1.82, 2.24) is 0 Å². The monoisotopic (exact) mass is 484 g/mol. The maximum Gasteiger partial charge on any atom is 0.421 e. The molecule has 0 amide bonds. The second kappa shape index (κ2) is 7.92. The summed E-state index contributed by atoms with van der Waals surface area (Å²) in [5, 5.41) is 20.0. The predicted octanol–water partition coefficient (Wildman–Crippen LogP) is 4.17. The van der Waals surface area contributed by atoms with Crippen LogP contribution in [0, 0.1) is 13.8 Å². The first kappa shape index (κ1) is 25.9. The summed E-state index contributed by atoms with van der Waals surface area (Å²) in [5.74, 6) is 0. The van der Waals surface area contributed by atoms with Crippen molar-refractivity contribution >= 4 is 22.2 Å². The van der Waals surface area contributed by atoms with Crippen LogP contribution in [-0.4, -0.2) is 26.8 Å². The van der Waals surface area contributed by atoms with Crippen molar-refractivity contribution in [2.45, 2.75) is 61.0 Å². The van der Waals surface area contributed by atoms with E-state index in [-0.39, 0.29) is 20.9 Å². The smallest absolute Gasteiger partial charge is 0.398 e. The predicted molar refractivity (Wildman–Crippen MR) is 107 cm³/mol. The summed E-state index contributed by atoms with van der Waals surface area (Å²) in [5.41, 5.74) is 2.63. The largest absolute Gasteiger partial charge is 0.421 e. The second-order valence-electron chi connectivity index (χ2n) is 7.82. The molecule has 0 fully saturated rings. The summed E-state index contributed by atoms with van der Waals surface area (Å²) in [4.78, 5) is -0.409. The normalized spacial score (nSPS) is 17.5. The van der Waals surface area contributed by atoms with Crippen LogP contribution in [-0.2, 0) is 22.0 Å². The fourth-order valence-electron chi connectivity index (χ4n) is 3.09. The fourth-order valence-corrected chi connectivity index (χ4v) is 4.48. The lowest BCUT2D eigenvalue weighted by Gasteiger charge is -2.29. The Kier molecular flexibility index (Phi) is 6.42. The molecule has 2 rings (SSSR count). The van der Waals surface area contributed by atoms with Gasteiger partial charge in [-0.15, -0.1) is 0 Å². The minimum atomic E-state index is -5.11. The van der Waals surface area contributed by atoms with Crippen molar-refractivity contribution in [1.29, 1.82) is 0 Å². The van der Waals surface area contributed by atoms with Gasteiger partial charge in [-0.1, -0.05) is 0 Å².